The molecule has 4 aromatic rings. The van der Waals surface area contributed by atoms with Gasteiger partial charge < -0.3 is 19.6 Å². The molecule has 0 radical (unpaired) electrons. The van der Waals surface area contributed by atoms with Crippen LogP contribution in [-0.4, -0.2) is 69.3 Å². The molecule has 0 spiro atoms. The third-order valence-corrected chi connectivity index (χ3v) is 6.39. The van der Waals surface area contributed by atoms with Crippen molar-refractivity contribution in [2.24, 2.45) is 0 Å². The van der Waals surface area contributed by atoms with Gasteiger partial charge in [-0.25, -0.2) is 9.97 Å². The zero-order valence-electron chi connectivity index (χ0n) is 19.7. The molecule has 0 bridgehead atoms. The van der Waals surface area contributed by atoms with Crippen LogP contribution in [0.2, 0.25) is 0 Å². The second kappa shape index (κ2) is 10.1. The third-order valence-electron chi connectivity index (χ3n) is 6.39. The molecule has 2 aromatic carbocycles. The van der Waals surface area contributed by atoms with Crippen molar-refractivity contribution in [1.29, 1.82) is 0 Å². The summed E-state index contributed by atoms with van der Waals surface area (Å²) in [6, 6.07) is 17.5. The Morgan fingerprint density at radius 3 is 2.43 bits per heavy atom. The van der Waals surface area contributed by atoms with Gasteiger partial charge in [-0.3, -0.25) is 9.36 Å². The van der Waals surface area contributed by atoms with Crippen LogP contribution in [0.3, 0.4) is 0 Å². The van der Waals surface area contributed by atoms with Crippen molar-refractivity contribution in [2.75, 3.05) is 37.7 Å². The number of ether oxygens (including phenoxy) is 1. The van der Waals surface area contributed by atoms with Gasteiger partial charge in [0.05, 0.1) is 17.2 Å². The minimum atomic E-state index is -0.450. The van der Waals surface area contributed by atoms with Crippen molar-refractivity contribution in [3.8, 4) is 11.7 Å². The molecule has 1 atom stereocenters. The van der Waals surface area contributed by atoms with Gasteiger partial charge in [0.2, 0.25) is 5.95 Å². The molecule has 1 fully saturated rings. The normalized spacial score (nSPS) is 14.8. The molecule has 35 heavy (non-hydrogen) atoms. The summed E-state index contributed by atoms with van der Waals surface area (Å²) in [5.74, 6) is 1.31. The monoisotopic (exact) mass is 471 g/mol. The molecule has 0 saturated carbocycles. The van der Waals surface area contributed by atoms with Gasteiger partial charge in [-0.05, 0) is 42.8 Å². The van der Waals surface area contributed by atoms with Gasteiger partial charge in [0.15, 0.2) is 0 Å². The predicted octanol–water partition coefficient (Wildman–Crippen LogP) is 3.53. The first-order chi connectivity index (χ1) is 17.1. The summed E-state index contributed by atoms with van der Waals surface area (Å²) in [5, 5.41) is 10.6. The van der Waals surface area contributed by atoms with E-state index in [9.17, 15) is 9.90 Å². The van der Waals surface area contributed by atoms with Crippen LogP contribution < -0.4 is 9.64 Å². The molecule has 3 heterocycles. The van der Waals surface area contributed by atoms with E-state index in [1.54, 1.807) is 18.5 Å². The van der Waals surface area contributed by atoms with E-state index in [0.717, 1.165) is 35.4 Å². The maximum Gasteiger partial charge on any atom is 0.256 e. The Morgan fingerprint density at radius 1 is 1.00 bits per heavy atom. The standard InChI is InChI=1S/C27H29N5O3/c1-2-21(33)19-35-22-10-8-20(9-11-22)30-14-16-31(17-15-30)26(34)24-18-32(27-28-12-5-13-29-27)25-7-4-3-6-23(24)25/h3-13,18,21,33H,2,14-17,19H2,1H3. The summed E-state index contributed by atoms with van der Waals surface area (Å²) in [6.45, 7) is 5.00. The number of amides is 1. The molecule has 5 rings (SSSR count). The van der Waals surface area contributed by atoms with Gasteiger partial charge >= 0.3 is 0 Å². The van der Waals surface area contributed by atoms with E-state index < -0.39 is 6.10 Å². The van der Waals surface area contributed by atoms with Crippen LogP contribution in [0.4, 0.5) is 5.69 Å². The molecule has 8 nitrogen and oxygen atoms in total. The van der Waals surface area contributed by atoms with Gasteiger partial charge in [-0.15, -0.1) is 0 Å². The summed E-state index contributed by atoms with van der Waals surface area (Å²) < 4.78 is 7.51. The second-order valence-corrected chi connectivity index (χ2v) is 8.62. The Kier molecular flexibility index (Phi) is 6.63. The molecule has 1 unspecified atom stereocenters. The highest BCUT2D eigenvalue weighted by molar-refractivity contribution is 6.07. The predicted molar refractivity (Wildman–Crippen MR) is 135 cm³/mol. The summed E-state index contributed by atoms with van der Waals surface area (Å²) in [4.78, 5) is 26.4. The van der Waals surface area contributed by atoms with Gasteiger partial charge in [-0.1, -0.05) is 25.1 Å². The van der Waals surface area contributed by atoms with Crippen molar-refractivity contribution < 1.29 is 14.6 Å². The number of benzene rings is 2. The van der Waals surface area contributed by atoms with Crippen LogP contribution >= 0.6 is 0 Å². The van der Waals surface area contributed by atoms with Crippen molar-refractivity contribution in [3.05, 3.63) is 78.8 Å². The van der Waals surface area contributed by atoms with Crippen LogP contribution in [0.1, 0.15) is 23.7 Å². The number of carbonyl (C=O) groups excluding carboxylic acids is 1. The number of anilines is 1. The Morgan fingerprint density at radius 2 is 1.71 bits per heavy atom. The number of hydrogen-bond donors (Lipinski definition) is 1. The first-order valence-electron chi connectivity index (χ1n) is 12.0. The highest BCUT2D eigenvalue weighted by atomic mass is 16.5. The fraction of sp³-hybridized carbons (Fsp3) is 0.296. The topological polar surface area (TPSA) is 83.7 Å². The largest absolute Gasteiger partial charge is 0.491 e. The number of fused-ring (bicyclic) bond motifs is 1. The van der Waals surface area contributed by atoms with Gasteiger partial charge in [-0.2, -0.15) is 0 Å². The number of piperazine rings is 1. The first-order valence-corrected chi connectivity index (χ1v) is 12.0. The zero-order valence-corrected chi connectivity index (χ0v) is 19.7. The van der Waals surface area contributed by atoms with Crippen LogP contribution in [-0.2, 0) is 0 Å². The number of nitrogens with zero attached hydrogens (tertiary/aromatic N) is 5. The van der Waals surface area contributed by atoms with Crippen LogP contribution in [0.25, 0.3) is 16.9 Å². The summed E-state index contributed by atoms with van der Waals surface area (Å²) >= 11 is 0. The lowest BCUT2D eigenvalue weighted by Crippen LogP contribution is -2.48. The molecule has 1 N–H and O–H groups in total. The van der Waals surface area contributed by atoms with E-state index in [4.69, 9.17) is 4.74 Å². The number of hydrogen-bond acceptors (Lipinski definition) is 6. The van der Waals surface area contributed by atoms with Gasteiger partial charge in [0.1, 0.15) is 12.4 Å². The van der Waals surface area contributed by atoms with E-state index in [1.165, 1.54) is 0 Å². The smallest absolute Gasteiger partial charge is 0.256 e. The summed E-state index contributed by atoms with van der Waals surface area (Å²) in [6.07, 6.45) is 5.47. The van der Waals surface area contributed by atoms with Gasteiger partial charge in [0, 0.05) is 55.8 Å². The molecule has 1 aliphatic heterocycles. The van der Waals surface area contributed by atoms with Crippen LogP contribution in [0, 0.1) is 0 Å². The lowest BCUT2D eigenvalue weighted by molar-refractivity contribution is 0.0748. The van der Waals surface area contributed by atoms with Crippen molar-refractivity contribution in [3.63, 3.8) is 0 Å². The quantitative estimate of drug-likeness (QED) is 0.444. The number of aliphatic hydroxyl groups excluding tert-OH is 1. The molecule has 1 saturated heterocycles. The second-order valence-electron chi connectivity index (χ2n) is 8.62. The SMILES string of the molecule is CCC(O)COc1ccc(N2CCN(C(=O)c3cn(-c4ncccn4)c4ccccc34)CC2)cc1. The molecule has 2 aromatic heterocycles. The fourth-order valence-electron chi connectivity index (χ4n) is 4.33. The number of carbonyl (C=O) groups is 1. The number of para-hydroxylation sites is 1. The van der Waals surface area contributed by atoms with E-state index in [2.05, 4.69) is 14.9 Å². The highest BCUT2D eigenvalue weighted by Crippen LogP contribution is 2.26. The molecule has 1 aliphatic rings. The molecule has 1 amide bonds. The van der Waals surface area contributed by atoms with Crippen molar-refractivity contribution >= 4 is 22.5 Å². The lowest BCUT2D eigenvalue weighted by atomic mass is 10.1. The van der Waals surface area contributed by atoms with E-state index in [1.807, 2.05) is 71.1 Å². The van der Waals surface area contributed by atoms with Crippen LogP contribution in [0.15, 0.2) is 73.2 Å². The molecule has 180 valence electrons. The summed E-state index contributed by atoms with van der Waals surface area (Å²) in [5.41, 5.74) is 2.67. The van der Waals surface area contributed by atoms with E-state index in [0.29, 0.717) is 37.6 Å². The Hall–Kier alpha value is -3.91. The fourth-order valence-corrected chi connectivity index (χ4v) is 4.33. The highest BCUT2D eigenvalue weighted by Gasteiger charge is 2.25. The lowest BCUT2D eigenvalue weighted by Gasteiger charge is -2.36. The number of aromatic nitrogens is 3. The Labute approximate surface area is 204 Å². The Bertz CT molecular complexity index is 1280. The minimum absolute atomic E-state index is 0.0220. The average molecular weight is 472 g/mol. The minimum Gasteiger partial charge on any atom is -0.491 e. The summed E-state index contributed by atoms with van der Waals surface area (Å²) in [7, 11) is 0. The molecule has 0 aliphatic carbocycles. The van der Waals surface area contributed by atoms with Crippen LogP contribution in [0.5, 0.6) is 5.75 Å². The van der Waals surface area contributed by atoms with E-state index in [-0.39, 0.29) is 5.91 Å². The average Bonchev–Trinajstić information content (AvgIpc) is 3.32. The molecular weight excluding hydrogens is 442 g/mol. The van der Waals surface area contributed by atoms with Crippen molar-refractivity contribution in [1.82, 2.24) is 19.4 Å². The third kappa shape index (κ3) is 4.83. The van der Waals surface area contributed by atoms with E-state index >= 15 is 0 Å². The zero-order chi connectivity index (χ0) is 24.2. The van der Waals surface area contributed by atoms with Crippen molar-refractivity contribution in [2.45, 2.75) is 19.4 Å². The first kappa shape index (κ1) is 22.9. The Balaban J connectivity index is 1.27. The number of aliphatic hydroxyl groups is 1. The molecule has 8 heteroatoms. The number of rotatable bonds is 7. The van der Waals surface area contributed by atoms with Gasteiger partial charge in [0.25, 0.3) is 5.91 Å². The molecular formula is C27H29N5O3. The maximum absolute atomic E-state index is 13.5. The maximum atomic E-state index is 13.5.